The number of anilines is 1. The molecule has 0 aliphatic rings. The smallest absolute Gasteiger partial charge is 0.292 e. The minimum Gasteiger partial charge on any atom is -0.319 e. The van der Waals surface area contributed by atoms with E-state index in [4.69, 9.17) is 0 Å². The predicted molar refractivity (Wildman–Crippen MR) is 115 cm³/mol. The van der Waals surface area contributed by atoms with Gasteiger partial charge in [-0.05, 0) is 46.7 Å². The maximum absolute atomic E-state index is 12.7. The van der Waals surface area contributed by atoms with Crippen LogP contribution in [0.4, 0.5) is 5.69 Å². The molecule has 138 valence electrons. The lowest BCUT2D eigenvalue weighted by atomic mass is 9.95. The van der Waals surface area contributed by atoms with E-state index in [2.05, 4.69) is 5.32 Å². The van der Waals surface area contributed by atoms with Crippen LogP contribution < -0.4 is 5.32 Å². The fraction of sp³-hybridized carbons (Fsp3) is 0.120. The summed E-state index contributed by atoms with van der Waals surface area (Å²) in [6.45, 7) is 3.91. The van der Waals surface area contributed by atoms with Crippen LogP contribution in [0.2, 0.25) is 0 Å². The highest BCUT2D eigenvalue weighted by Gasteiger charge is 2.19. The van der Waals surface area contributed by atoms with Crippen molar-refractivity contribution in [3.05, 3.63) is 89.5 Å². The summed E-state index contributed by atoms with van der Waals surface area (Å²) in [4.78, 5) is 25.4. The zero-order chi connectivity index (χ0) is 19.7. The summed E-state index contributed by atoms with van der Waals surface area (Å²) in [5.74, 6) is -1.02. The van der Waals surface area contributed by atoms with E-state index in [1.807, 2.05) is 86.6 Å². The summed E-state index contributed by atoms with van der Waals surface area (Å²) in [7, 11) is 0. The lowest BCUT2D eigenvalue weighted by Crippen LogP contribution is -2.25. The van der Waals surface area contributed by atoms with Gasteiger partial charge in [0, 0.05) is 11.8 Å². The maximum Gasteiger partial charge on any atom is 0.292 e. The molecule has 0 atom stereocenters. The van der Waals surface area contributed by atoms with Crippen molar-refractivity contribution < 1.29 is 9.59 Å². The minimum absolute atomic E-state index is 0.0861. The van der Waals surface area contributed by atoms with Gasteiger partial charge in [0.25, 0.3) is 5.91 Å². The summed E-state index contributed by atoms with van der Waals surface area (Å²) in [5.41, 5.74) is 3.56. The third-order valence-corrected chi connectivity index (χ3v) is 5.24. The Labute approximate surface area is 164 Å². The molecular weight excluding hydrogens is 346 g/mol. The lowest BCUT2D eigenvalue weighted by molar-refractivity contribution is -0.134. The number of aryl methyl sites for hydroxylation is 2. The first kappa shape index (κ1) is 17.9. The molecule has 0 aliphatic heterocycles. The Morgan fingerprint density at radius 2 is 1.29 bits per heavy atom. The van der Waals surface area contributed by atoms with Crippen molar-refractivity contribution in [1.82, 2.24) is 0 Å². The van der Waals surface area contributed by atoms with Gasteiger partial charge in [-0.1, -0.05) is 72.8 Å². The van der Waals surface area contributed by atoms with E-state index in [1.54, 1.807) is 0 Å². The second-order valence-electron chi connectivity index (χ2n) is 7.11. The molecule has 0 spiro atoms. The average molecular weight is 367 g/mol. The monoisotopic (exact) mass is 367 g/mol. The third kappa shape index (κ3) is 3.27. The van der Waals surface area contributed by atoms with Crippen molar-refractivity contribution in [3.8, 4) is 0 Å². The molecule has 0 aliphatic carbocycles. The average Bonchev–Trinajstić information content (AvgIpc) is 2.72. The zero-order valence-electron chi connectivity index (χ0n) is 16.0. The van der Waals surface area contributed by atoms with Crippen LogP contribution >= 0.6 is 0 Å². The number of nitrogens with one attached hydrogen (secondary N) is 1. The molecule has 0 unspecified atom stereocenters. The second kappa shape index (κ2) is 7.28. The first-order chi connectivity index (χ1) is 13.5. The summed E-state index contributed by atoms with van der Waals surface area (Å²) < 4.78 is 0. The Hall–Kier alpha value is -3.46. The standard InChI is InChI=1S/C25H21NO2/c1-16-11-13-18-7-3-5-9-20(18)22(16)15-23(27)25(28)26-24-17(2)12-14-19-8-4-6-10-21(19)24/h3-14H,15H2,1-2H3,(H,26,28). The summed E-state index contributed by atoms with van der Waals surface area (Å²) in [6.07, 6.45) is 0.0861. The van der Waals surface area contributed by atoms with E-state index in [0.29, 0.717) is 5.69 Å². The van der Waals surface area contributed by atoms with E-state index >= 15 is 0 Å². The molecule has 3 nitrogen and oxygen atoms in total. The van der Waals surface area contributed by atoms with Crippen molar-refractivity contribution in [3.63, 3.8) is 0 Å². The normalized spacial score (nSPS) is 10.9. The zero-order valence-corrected chi connectivity index (χ0v) is 16.0. The Kier molecular flexibility index (Phi) is 4.66. The fourth-order valence-corrected chi connectivity index (χ4v) is 3.65. The van der Waals surface area contributed by atoms with Crippen molar-refractivity contribution in [2.45, 2.75) is 20.3 Å². The fourth-order valence-electron chi connectivity index (χ4n) is 3.65. The predicted octanol–water partition coefficient (Wildman–Crippen LogP) is 5.36. The summed E-state index contributed by atoms with van der Waals surface area (Å²) in [5, 5.41) is 6.90. The number of ketones is 1. The Morgan fingerprint density at radius 1 is 0.714 bits per heavy atom. The SMILES string of the molecule is Cc1ccc2ccccc2c1CC(=O)C(=O)Nc1c(C)ccc2ccccc12. The highest BCUT2D eigenvalue weighted by molar-refractivity contribution is 6.41. The van der Waals surface area contributed by atoms with Gasteiger partial charge in [0.1, 0.15) is 0 Å². The van der Waals surface area contributed by atoms with Crippen LogP contribution in [0.1, 0.15) is 16.7 Å². The first-order valence-corrected chi connectivity index (χ1v) is 9.34. The Balaban J connectivity index is 1.63. The molecule has 28 heavy (non-hydrogen) atoms. The van der Waals surface area contributed by atoms with Crippen molar-refractivity contribution >= 4 is 38.9 Å². The van der Waals surface area contributed by atoms with Crippen LogP contribution in [0.15, 0.2) is 72.8 Å². The molecule has 0 saturated carbocycles. The van der Waals surface area contributed by atoms with Crippen molar-refractivity contribution in [2.24, 2.45) is 0 Å². The first-order valence-electron chi connectivity index (χ1n) is 9.34. The van der Waals surface area contributed by atoms with E-state index in [-0.39, 0.29) is 6.42 Å². The van der Waals surface area contributed by atoms with Gasteiger partial charge in [0.15, 0.2) is 0 Å². The number of Topliss-reactive ketones (excluding diaryl/α,β-unsaturated/α-hetero) is 1. The number of carbonyl (C=O) groups is 2. The molecule has 4 rings (SSSR count). The highest BCUT2D eigenvalue weighted by Crippen LogP contribution is 2.27. The molecule has 4 aromatic rings. The molecule has 1 amide bonds. The van der Waals surface area contributed by atoms with Crippen LogP contribution in [0, 0.1) is 13.8 Å². The van der Waals surface area contributed by atoms with Gasteiger partial charge in [-0.25, -0.2) is 0 Å². The molecule has 0 saturated heterocycles. The molecule has 0 fully saturated rings. The molecular formula is C25H21NO2. The second-order valence-corrected chi connectivity index (χ2v) is 7.11. The number of hydrogen-bond acceptors (Lipinski definition) is 2. The molecule has 3 heteroatoms. The highest BCUT2D eigenvalue weighted by atomic mass is 16.2. The topological polar surface area (TPSA) is 46.2 Å². The van der Waals surface area contributed by atoms with E-state index in [9.17, 15) is 9.59 Å². The Bertz CT molecular complexity index is 1130. The quantitative estimate of drug-likeness (QED) is 0.494. The number of amides is 1. The number of carbonyl (C=O) groups excluding carboxylic acids is 2. The van der Waals surface area contributed by atoms with Gasteiger partial charge in [-0.2, -0.15) is 0 Å². The van der Waals surface area contributed by atoms with Crippen LogP contribution in [-0.4, -0.2) is 11.7 Å². The molecule has 4 aromatic carbocycles. The van der Waals surface area contributed by atoms with Gasteiger partial charge >= 0.3 is 0 Å². The largest absolute Gasteiger partial charge is 0.319 e. The molecule has 1 N–H and O–H groups in total. The van der Waals surface area contributed by atoms with Crippen molar-refractivity contribution in [1.29, 1.82) is 0 Å². The van der Waals surface area contributed by atoms with Crippen LogP contribution in [0.5, 0.6) is 0 Å². The van der Waals surface area contributed by atoms with Crippen molar-refractivity contribution in [2.75, 3.05) is 5.32 Å². The van der Waals surface area contributed by atoms with Crippen LogP contribution in [0.25, 0.3) is 21.5 Å². The minimum atomic E-state index is -0.577. The van der Waals surface area contributed by atoms with E-state index in [1.165, 1.54) is 0 Å². The number of hydrogen-bond donors (Lipinski definition) is 1. The summed E-state index contributed by atoms with van der Waals surface area (Å²) >= 11 is 0. The molecule has 0 radical (unpaired) electrons. The van der Waals surface area contributed by atoms with Gasteiger partial charge in [0.2, 0.25) is 5.78 Å². The number of rotatable bonds is 4. The molecule has 0 aromatic heterocycles. The number of fused-ring (bicyclic) bond motifs is 2. The molecule has 0 bridgehead atoms. The molecule has 0 heterocycles. The van der Waals surface area contributed by atoms with E-state index < -0.39 is 11.7 Å². The maximum atomic E-state index is 12.7. The van der Waals surface area contributed by atoms with Gasteiger partial charge < -0.3 is 5.32 Å². The Morgan fingerprint density at radius 3 is 2.00 bits per heavy atom. The third-order valence-electron chi connectivity index (χ3n) is 5.24. The van der Waals surface area contributed by atoms with Crippen LogP contribution in [-0.2, 0) is 16.0 Å². The van der Waals surface area contributed by atoms with Gasteiger partial charge in [-0.15, -0.1) is 0 Å². The van der Waals surface area contributed by atoms with Gasteiger partial charge in [0.05, 0.1) is 5.69 Å². The summed E-state index contributed by atoms with van der Waals surface area (Å²) in [6, 6.07) is 23.8. The lowest BCUT2D eigenvalue weighted by Gasteiger charge is -2.13. The van der Waals surface area contributed by atoms with E-state index in [0.717, 1.165) is 38.2 Å². The number of benzene rings is 4. The van der Waals surface area contributed by atoms with Gasteiger partial charge in [-0.3, -0.25) is 9.59 Å². The van der Waals surface area contributed by atoms with Crippen LogP contribution in [0.3, 0.4) is 0 Å².